The summed E-state index contributed by atoms with van der Waals surface area (Å²) in [7, 11) is 0. The van der Waals surface area contributed by atoms with Crippen molar-refractivity contribution >= 4 is 40.8 Å². The first-order valence-corrected chi connectivity index (χ1v) is 15.3. The molecule has 11 nitrogen and oxygen atoms in total. The summed E-state index contributed by atoms with van der Waals surface area (Å²) in [5, 5.41) is 10.8. The fourth-order valence-corrected chi connectivity index (χ4v) is 5.82. The monoisotopic (exact) mass is 715 g/mol. The van der Waals surface area contributed by atoms with Crippen molar-refractivity contribution in [3.8, 4) is 28.1 Å². The molecule has 1 amide bonds. The van der Waals surface area contributed by atoms with Gasteiger partial charge in [0, 0.05) is 46.4 Å². The first-order valence-electron chi connectivity index (χ1n) is 14.6. The van der Waals surface area contributed by atoms with E-state index in [2.05, 4.69) is 25.6 Å². The van der Waals surface area contributed by atoms with Gasteiger partial charge in [0.2, 0.25) is 5.91 Å². The van der Waals surface area contributed by atoms with Crippen molar-refractivity contribution in [2.24, 2.45) is 5.92 Å². The van der Waals surface area contributed by atoms with E-state index in [1.807, 2.05) is 0 Å². The number of nitrogens with zero attached hydrogens (tertiary/aromatic N) is 6. The Labute approximate surface area is 284 Å². The number of ether oxygens (including phenoxy) is 1. The summed E-state index contributed by atoms with van der Waals surface area (Å²) in [6.45, 7) is 1.44. The van der Waals surface area contributed by atoms with Crippen LogP contribution in [0.1, 0.15) is 31.5 Å². The number of aromatic nitrogens is 6. The lowest BCUT2D eigenvalue weighted by atomic mass is 9.93. The van der Waals surface area contributed by atoms with Crippen molar-refractivity contribution in [2.45, 2.75) is 38.1 Å². The van der Waals surface area contributed by atoms with Crippen LogP contribution in [0.3, 0.4) is 0 Å². The summed E-state index contributed by atoms with van der Waals surface area (Å²) in [6, 6.07) is 11.5. The van der Waals surface area contributed by atoms with E-state index >= 15 is 0 Å². The average Bonchev–Trinajstić information content (AvgIpc) is 3.49. The first kappa shape index (κ1) is 33.7. The molecule has 5 aromatic rings. The van der Waals surface area contributed by atoms with E-state index in [0.29, 0.717) is 27.4 Å². The molecule has 49 heavy (non-hydrogen) atoms. The van der Waals surface area contributed by atoms with Crippen LogP contribution in [0.4, 0.5) is 23.2 Å². The third-order valence-electron chi connectivity index (χ3n) is 7.85. The molecule has 0 fully saturated rings. The van der Waals surface area contributed by atoms with Crippen molar-refractivity contribution in [3.05, 3.63) is 105 Å². The molecule has 2 aromatic carbocycles. The minimum atomic E-state index is -5.32. The molecule has 6 rings (SSSR count). The van der Waals surface area contributed by atoms with Gasteiger partial charge in [-0.1, -0.05) is 35.3 Å². The fraction of sp³-hybridized carbons (Fsp3) is 0.219. The molecule has 1 N–H and O–H groups in total. The van der Waals surface area contributed by atoms with Crippen LogP contribution in [0, 0.1) is 11.7 Å². The van der Waals surface area contributed by atoms with E-state index in [1.165, 1.54) is 54.6 Å². The highest BCUT2D eigenvalue weighted by Crippen LogP contribution is 2.35. The number of pyridine rings is 1. The first-order chi connectivity index (χ1) is 23.3. The van der Waals surface area contributed by atoms with Gasteiger partial charge in [0.05, 0.1) is 35.6 Å². The molecule has 3 aromatic heterocycles. The Hall–Kier alpha value is -5.15. The molecule has 252 valence electrons. The number of halogens is 6. The molecule has 0 spiro atoms. The summed E-state index contributed by atoms with van der Waals surface area (Å²) in [4.78, 5) is 48.0. The standard InChI is InChI=1S/C32H23Cl2F4N7O4/c1-16-8-20(49-31(48)32(36,37)38)12-27(25-9-17(6-7-39-25)21-11-19(35)3-4-23(21)41-30(16)47)44-15-40-24(13-29(44)46)22-10-18(33)2-5-26(22)45-14-28(34)42-43-45/h2-7,9-11,13-16,20,27H,8,12H2,1H3,(H,41,47)/t16-,20?,27+/m1/s1. The van der Waals surface area contributed by atoms with Crippen molar-refractivity contribution < 1.29 is 31.9 Å². The molecule has 1 unspecified atom stereocenters. The van der Waals surface area contributed by atoms with Crippen LogP contribution in [-0.2, 0) is 14.3 Å². The molecular formula is C32H23Cl2F4N7O4. The third kappa shape index (κ3) is 7.32. The number of alkyl halides is 3. The second-order valence-corrected chi connectivity index (χ2v) is 12.1. The van der Waals surface area contributed by atoms with Crippen LogP contribution in [-0.4, -0.2) is 53.7 Å². The second kappa shape index (κ2) is 13.4. The van der Waals surface area contributed by atoms with Crippen LogP contribution in [0.2, 0.25) is 10.2 Å². The van der Waals surface area contributed by atoms with Crippen molar-refractivity contribution in [1.82, 2.24) is 29.5 Å². The van der Waals surface area contributed by atoms with E-state index in [-0.39, 0.29) is 28.6 Å². The zero-order chi connectivity index (χ0) is 35.0. The Morgan fingerprint density at radius 3 is 2.51 bits per heavy atom. The number of nitrogens with one attached hydrogen (secondary N) is 1. The quantitative estimate of drug-likeness (QED) is 0.166. The van der Waals surface area contributed by atoms with Crippen LogP contribution >= 0.6 is 23.2 Å². The summed E-state index contributed by atoms with van der Waals surface area (Å²) in [5.41, 5.74) is 1.40. The van der Waals surface area contributed by atoms with E-state index in [1.54, 1.807) is 24.3 Å². The highest BCUT2D eigenvalue weighted by atomic mass is 35.5. The number of esters is 1. The van der Waals surface area contributed by atoms with Crippen molar-refractivity contribution in [2.75, 3.05) is 5.32 Å². The van der Waals surface area contributed by atoms with E-state index in [0.717, 1.165) is 10.6 Å². The predicted octanol–water partition coefficient (Wildman–Crippen LogP) is 6.43. The zero-order valence-electron chi connectivity index (χ0n) is 25.2. The second-order valence-electron chi connectivity index (χ2n) is 11.2. The van der Waals surface area contributed by atoms with Gasteiger partial charge in [0.1, 0.15) is 11.9 Å². The van der Waals surface area contributed by atoms with Gasteiger partial charge in [0.25, 0.3) is 5.56 Å². The van der Waals surface area contributed by atoms with Gasteiger partial charge in [-0.3, -0.25) is 19.1 Å². The molecule has 0 saturated heterocycles. The number of anilines is 1. The molecule has 3 atom stereocenters. The predicted molar refractivity (Wildman–Crippen MR) is 170 cm³/mol. The molecule has 0 radical (unpaired) electrons. The van der Waals surface area contributed by atoms with Crippen molar-refractivity contribution in [3.63, 3.8) is 0 Å². The third-order valence-corrected chi connectivity index (χ3v) is 8.26. The van der Waals surface area contributed by atoms with Crippen LogP contribution in [0.25, 0.3) is 28.1 Å². The van der Waals surface area contributed by atoms with Gasteiger partial charge >= 0.3 is 12.1 Å². The minimum Gasteiger partial charge on any atom is -0.456 e. The van der Waals surface area contributed by atoms with Gasteiger partial charge in [-0.2, -0.15) is 13.2 Å². The maximum atomic E-state index is 14.4. The summed E-state index contributed by atoms with van der Waals surface area (Å²) in [6.07, 6.45) is -3.62. The highest BCUT2D eigenvalue weighted by molar-refractivity contribution is 6.31. The number of hydrogen-bond donors (Lipinski definition) is 1. The fourth-order valence-electron chi connectivity index (χ4n) is 5.52. The van der Waals surface area contributed by atoms with E-state index < -0.39 is 53.9 Å². The Morgan fingerprint density at radius 2 is 1.80 bits per heavy atom. The van der Waals surface area contributed by atoms with Crippen molar-refractivity contribution in [1.29, 1.82) is 0 Å². The number of rotatable bonds is 4. The lowest BCUT2D eigenvalue weighted by Crippen LogP contribution is -2.36. The van der Waals surface area contributed by atoms with Crippen LogP contribution in [0.15, 0.2) is 78.1 Å². The number of benzene rings is 2. The number of carbonyl (C=O) groups excluding carboxylic acids is 2. The Morgan fingerprint density at radius 1 is 1.00 bits per heavy atom. The maximum Gasteiger partial charge on any atom is 0.490 e. The lowest BCUT2D eigenvalue weighted by molar-refractivity contribution is -0.206. The zero-order valence-corrected chi connectivity index (χ0v) is 26.7. The van der Waals surface area contributed by atoms with Gasteiger partial charge < -0.3 is 10.1 Å². The molecule has 0 aliphatic carbocycles. The number of carbonyl (C=O) groups is 2. The van der Waals surface area contributed by atoms with Gasteiger partial charge in [-0.15, -0.1) is 5.10 Å². The smallest absolute Gasteiger partial charge is 0.456 e. The van der Waals surface area contributed by atoms with Crippen LogP contribution in [0.5, 0.6) is 0 Å². The Kier molecular flexibility index (Phi) is 9.22. The Balaban J connectivity index is 1.49. The topological polar surface area (TPSA) is 134 Å². The molecule has 1 aliphatic rings. The Bertz CT molecular complexity index is 2140. The van der Waals surface area contributed by atoms with Gasteiger partial charge in [-0.25, -0.2) is 18.9 Å². The number of hydrogen-bond acceptors (Lipinski definition) is 8. The van der Waals surface area contributed by atoms with Crippen LogP contribution < -0.4 is 10.9 Å². The largest absolute Gasteiger partial charge is 0.490 e. The number of fused-ring (bicyclic) bond motifs is 4. The lowest BCUT2D eigenvalue weighted by Gasteiger charge is -2.28. The molecule has 1 aliphatic heterocycles. The van der Waals surface area contributed by atoms with Gasteiger partial charge in [0.15, 0.2) is 5.15 Å². The molecule has 4 heterocycles. The van der Waals surface area contributed by atoms with E-state index in [4.69, 9.17) is 27.9 Å². The maximum absolute atomic E-state index is 14.4. The molecule has 0 saturated carbocycles. The van der Waals surface area contributed by atoms with Gasteiger partial charge in [-0.05, 0) is 60.5 Å². The molecular weight excluding hydrogens is 693 g/mol. The summed E-state index contributed by atoms with van der Waals surface area (Å²) >= 11 is 12.2. The molecule has 17 heteroatoms. The minimum absolute atomic E-state index is 0.111. The SMILES string of the molecule is C[C@@H]1CC(OC(=O)C(F)(F)F)C[C@H](n2cnc(-c3cc(Cl)ccc3-n3cc(Cl)nn3)cc2=O)c2cc(ccn2)-c2cc(F)ccc2NC1=O. The average molecular weight is 716 g/mol. The summed E-state index contributed by atoms with van der Waals surface area (Å²) < 4.78 is 62.0. The van der Waals surface area contributed by atoms with E-state index in [9.17, 15) is 31.9 Å². The normalized spacial score (nSPS) is 18.1. The summed E-state index contributed by atoms with van der Waals surface area (Å²) in [5.74, 6) is -4.65. The highest BCUT2D eigenvalue weighted by Gasteiger charge is 2.43. The molecule has 2 bridgehead atoms. The number of amides is 1.